The molecule has 0 spiro atoms. The number of hydrogen-bond acceptors (Lipinski definition) is 3. The Bertz CT molecular complexity index is 395. The first-order valence-corrected chi connectivity index (χ1v) is 7.07. The molecular formula is C15H26N2O. The quantitative estimate of drug-likeness (QED) is 0.870. The average molecular weight is 250 g/mol. The number of rotatable bonds is 5. The lowest BCUT2D eigenvalue weighted by Crippen LogP contribution is -2.37. The van der Waals surface area contributed by atoms with Crippen LogP contribution in [0, 0.1) is 6.92 Å². The summed E-state index contributed by atoms with van der Waals surface area (Å²) in [7, 11) is 0. The van der Waals surface area contributed by atoms with Crippen LogP contribution in [-0.4, -0.2) is 23.5 Å². The first-order chi connectivity index (χ1) is 8.53. The standard InChI is InChI=1S/C15H26N2O/c1-5-16-10-14-9-13(12(2)18-14)11-17-8-6-7-15(17,3)4/h9,16H,5-8,10-11H2,1-4H3. The number of furan rings is 1. The van der Waals surface area contributed by atoms with Crippen molar-refractivity contribution in [2.75, 3.05) is 13.1 Å². The summed E-state index contributed by atoms with van der Waals surface area (Å²) in [6.07, 6.45) is 2.61. The minimum Gasteiger partial charge on any atom is -0.465 e. The lowest BCUT2D eigenvalue weighted by Gasteiger charge is -2.31. The van der Waals surface area contributed by atoms with Crippen LogP contribution in [0.1, 0.15) is 50.7 Å². The van der Waals surface area contributed by atoms with Gasteiger partial charge in [-0.1, -0.05) is 6.92 Å². The molecular weight excluding hydrogens is 224 g/mol. The van der Waals surface area contributed by atoms with Crippen LogP contribution in [0.2, 0.25) is 0 Å². The number of nitrogens with one attached hydrogen (secondary N) is 1. The number of likely N-dealkylation sites (tertiary alicyclic amines) is 1. The summed E-state index contributed by atoms with van der Waals surface area (Å²) in [5.74, 6) is 2.13. The lowest BCUT2D eigenvalue weighted by molar-refractivity contribution is 0.166. The van der Waals surface area contributed by atoms with Crippen molar-refractivity contribution in [3.8, 4) is 0 Å². The summed E-state index contributed by atoms with van der Waals surface area (Å²) in [5, 5.41) is 3.31. The van der Waals surface area contributed by atoms with E-state index in [0.717, 1.165) is 31.2 Å². The summed E-state index contributed by atoms with van der Waals surface area (Å²) in [5.41, 5.74) is 1.68. The highest BCUT2D eigenvalue weighted by atomic mass is 16.3. The molecule has 0 amide bonds. The van der Waals surface area contributed by atoms with Crippen molar-refractivity contribution in [3.63, 3.8) is 0 Å². The fraction of sp³-hybridized carbons (Fsp3) is 0.733. The van der Waals surface area contributed by atoms with Crippen LogP contribution in [0.25, 0.3) is 0 Å². The molecule has 1 aliphatic rings. The Balaban J connectivity index is 2.03. The Hall–Kier alpha value is -0.800. The molecule has 0 atom stereocenters. The van der Waals surface area contributed by atoms with Gasteiger partial charge in [0.2, 0.25) is 0 Å². The van der Waals surface area contributed by atoms with Gasteiger partial charge in [0, 0.05) is 17.6 Å². The largest absolute Gasteiger partial charge is 0.465 e. The van der Waals surface area contributed by atoms with E-state index in [-0.39, 0.29) is 0 Å². The molecule has 1 aromatic heterocycles. The first kappa shape index (κ1) is 13.6. The third kappa shape index (κ3) is 2.96. The molecule has 0 bridgehead atoms. The maximum Gasteiger partial charge on any atom is 0.118 e. The van der Waals surface area contributed by atoms with E-state index in [2.05, 4.69) is 44.0 Å². The molecule has 0 saturated carbocycles. The molecule has 1 aliphatic heterocycles. The molecule has 0 aliphatic carbocycles. The van der Waals surface area contributed by atoms with E-state index in [1.807, 2.05) is 0 Å². The summed E-state index contributed by atoms with van der Waals surface area (Å²) in [4.78, 5) is 2.57. The fourth-order valence-corrected chi connectivity index (χ4v) is 2.74. The van der Waals surface area contributed by atoms with Crippen molar-refractivity contribution in [1.82, 2.24) is 10.2 Å². The molecule has 3 heteroatoms. The van der Waals surface area contributed by atoms with Gasteiger partial charge in [-0.15, -0.1) is 0 Å². The van der Waals surface area contributed by atoms with Crippen molar-refractivity contribution in [1.29, 1.82) is 0 Å². The molecule has 2 rings (SSSR count). The van der Waals surface area contributed by atoms with Crippen molar-refractivity contribution in [2.45, 2.75) is 59.2 Å². The molecule has 1 fully saturated rings. The highest BCUT2D eigenvalue weighted by molar-refractivity contribution is 5.21. The third-order valence-corrected chi connectivity index (χ3v) is 4.05. The van der Waals surface area contributed by atoms with Crippen LogP contribution in [-0.2, 0) is 13.1 Å². The Morgan fingerprint density at radius 1 is 1.44 bits per heavy atom. The monoisotopic (exact) mass is 250 g/mol. The average Bonchev–Trinajstić information content (AvgIpc) is 2.81. The van der Waals surface area contributed by atoms with Gasteiger partial charge in [0.1, 0.15) is 11.5 Å². The van der Waals surface area contributed by atoms with E-state index < -0.39 is 0 Å². The predicted molar refractivity (Wildman–Crippen MR) is 74.5 cm³/mol. The van der Waals surface area contributed by atoms with Gasteiger partial charge in [0.15, 0.2) is 0 Å². The van der Waals surface area contributed by atoms with Crippen LogP contribution < -0.4 is 5.32 Å². The zero-order valence-corrected chi connectivity index (χ0v) is 12.2. The highest BCUT2D eigenvalue weighted by Gasteiger charge is 2.32. The lowest BCUT2D eigenvalue weighted by atomic mass is 10.0. The zero-order chi connectivity index (χ0) is 13.2. The SMILES string of the molecule is CCNCc1cc(CN2CCCC2(C)C)c(C)o1. The van der Waals surface area contributed by atoms with Gasteiger partial charge >= 0.3 is 0 Å². The van der Waals surface area contributed by atoms with E-state index in [0.29, 0.717) is 5.54 Å². The second-order valence-electron chi connectivity index (χ2n) is 5.91. The Morgan fingerprint density at radius 2 is 2.22 bits per heavy atom. The van der Waals surface area contributed by atoms with E-state index in [9.17, 15) is 0 Å². The summed E-state index contributed by atoms with van der Waals surface area (Å²) in [6.45, 7) is 12.9. The molecule has 0 unspecified atom stereocenters. The van der Waals surface area contributed by atoms with Crippen LogP contribution in [0.5, 0.6) is 0 Å². The van der Waals surface area contributed by atoms with Crippen molar-refractivity contribution in [2.24, 2.45) is 0 Å². The summed E-state index contributed by atoms with van der Waals surface area (Å²) in [6, 6.07) is 2.21. The maximum absolute atomic E-state index is 5.81. The molecule has 3 nitrogen and oxygen atoms in total. The van der Waals surface area contributed by atoms with Crippen LogP contribution in [0.3, 0.4) is 0 Å². The van der Waals surface area contributed by atoms with Crippen LogP contribution >= 0.6 is 0 Å². The molecule has 1 N–H and O–H groups in total. The van der Waals surface area contributed by atoms with E-state index >= 15 is 0 Å². The van der Waals surface area contributed by atoms with Crippen molar-refractivity contribution < 1.29 is 4.42 Å². The zero-order valence-electron chi connectivity index (χ0n) is 12.2. The highest BCUT2D eigenvalue weighted by Crippen LogP contribution is 2.30. The van der Waals surface area contributed by atoms with Gasteiger partial charge in [0.05, 0.1) is 6.54 Å². The van der Waals surface area contributed by atoms with Gasteiger partial charge < -0.3 is 9.73 Å². The van der Waals surface area contributed by atoms with Gasteiger partial charge in [-0.2, -0.15) is 0 Å². The number of hydrogen-bond donors (Lipinski definition) is 1. The molecule has 1 saturated heterocycles. The molecule has 1 aromatic rings. The second-order valence-corrected chi connectivity index (χ2v) is 5.91. The van der Waals surface area contributed by atoms with Gasteiger partial charge in [-0.05, 0) is 52.8 Å². The minimum absolute atomic E-state index is 0.339. The minimum atomic E-state index is 0.339. The molecule has 0 radical (unpaired) electrons. The summed E-state index contributed by atoms with van der Waals surface area (Å²) >= 11 is 0. The number of aryl methyl sites for hydroxylation is 1. The predicted octanol–water partition coefficient (Wildman–Crippen LogP) is 3.07. The van der Waals surface area contributed by atoms with Crippen molar-refractivity contribution in [3.05, 3.63) is 23.2 Å². The normalized spacial score (nSPS) is 19.6. The third-order valence-electron chi connectivity index (χ3n) is 4.05. The molecule has 102 valence electrons. The topological polar surface area (TPSA) is 28.4 Å². The molecule has 18 heavy (non-hydrogen) atoms. The first-order valence-electron chi connectivity index (χ1n) is 7.07. The van der Waals surface area contributed by atoms with Crippen LogP contribution in [0.4, 0.5) is 0 Å². The molecule has 0 aromatic carbocycles. The van der Waals surface area contributed by atoms with Gasteiger partial charge in [-0.3, -0.25) is 4.90 Å². The van der Waals surface area contributed by atoms with E-state index in [1.54, 1.807) is 0 Å². The maximum atomic E-state index is 5.81. The van der Waals surface area contributed by atoms with E-state index in [4.69, 9.17) is 4.42 Å². The van der Waals surface area contributed by atoms with E-state index in [1.165, 1.54) is 24.9 Å². The van der Waals surface area contributed by atoms with Gasteiger partial charge in [0.25, 0.3) is 0 Å². The van der Waals surface area contributed by atoms with Gasteiger partial charge in [-0.25, -0.2) is 0 Å². The fourth-order valence-electron chi connectivity index (χ4n) is 2.74. The second kappa shape index (κ2) is 5.45. The smallest absolute Gasteiger partial charge is 0.118 e. The Kier molecular flexibility index (Phi) is 4.13. The number of nitrogens with zero attached hydrogens (tertiary/aromatic N) is 1. The summed E-state index contributed by atoms with van der Waals surface area (Å²) < 4.78 is 5.81. The Labute approximate surface area is 111 Å². The van der Waals surface area contributed by atoms with Crippen LogP contribution in [0.15, 0.2) is 10.5 Å². The Morgan fingerprint density at radius 3 is 2.83 bits per heavy atom. The van der Waals surface area contributed by atoms with Crippen molar-refractivity contribution >= 4 is 0 Å². The molecule has 2 heterocycles.